The Bertz CT molecular complexity index is 1900. The van der Waals surface area contributed by atoms with E-state index in [0.29, 0.717) is 28.0 Å². The van der Waals surface area contributed by atoms with Gasteiger partial charge in [-0.25, -0.2) is 4.99 Å². The van der Waals surface area contributed by atoms with Gasteiger partial charge in [0.1, 0.15) is 11.9 Å². The van der Waals surface area contributed by atoms with Crippen LogP contribution in [0.5, 0.6) is 0 Å². The number of carbonyl (C=O) groups excluding carboxylic acids is 2. The molecular formula is C46H59ClN4O4. The molecule has 1 saturated heterocycles. The van der Waals surface area contributed by atoms with Crippen LogP contribution >= 0.6 is 11.6 Å². The van der Waals surface area contributed by atoms with E-state index in [9.17, 15) is 9.59 Å². The average molecular weight is 767 g/mol. The Morgan fingerprint density at radius 1 is 0.964 bits per heavy atom. The number of hydrogen-bond donors (Lipinski definition) is 0. The van der Waals surface area contributed by atoms with Gasteiger partial charge in [0.2, 0.25) is 0 Å². The molecule has 55 heavy (non-hydrogen) atoms. The monoisotopic (exact) mass is 766 g/mol. The Morgan fingerprint density at radius 3 is 2.51 bits per heavy atom. The fourth-order valence-electron chi connectivity index (χ4n) is 11.9. The van der Waals surface area contributed by atoms with E-state index in [2.05, 4.69) is 56.3 Å². The largest absolute Gasteiger partial charge is 0.462 e. The zero-order chi connectivity index (χ0) is 38.6. The number of ether oxygens (including phenoxy) is 2. The Labute approximate surface area is 333 Å². The fraction of sp³-hybridized carbons (Fsp3) is 0.587. The zero-order valence-corrected chi connectivity index (χ0v) is 34.2. The SMILES string of the molecule is C=C(C)C1CCC2C3CC=C4CC(OC(=O)CCC(=O)OC(C)N5c6ccc(Cl)cc6N=C(N6CCN(C)CC6)c6ccccc65)CCC4(C)C3CCC12C. The summed E-state index contributed by atoms with van der Waals surface area (Å²) < 4.78 is 12.1. The van der Waals surface area contributed by atoms with Crippen molar-refractivity contribution < 1.29 is 19.1 Å². The standard InChI is InChI=1S/C46H59ClN4O4/c1-29(2)36-14-15-37-34-13-11-31-27-33(19-21-45(31,4)38(34)20-22-46(36,37)5)55-43(53)18-17-42(52)54-30(3)51-40-10-8-7-9-35(40)44(50-25-23-49(6)24-26-50)48-39-28-32(47)12-16-41(39)51/h7-12,16,28,30,33-34,36-38H,1,13-15,17-27H2,2-6H3. The van der Waals surface area contributed by atoms with Gasteiger partial charge in [-0.1, -0.05) is 61.4 Å². The smallest absolute Gasteiger partial charge is 0.308 e. The topological polar surface area (TPSA) is 74.7 Å². The van der Waals surface area contributed by atoms with E-state index in [1.165, 1.54) is 36.8 Å². The molecule has 0 N–H and O–H groups in total. The van der Waals surface area contributed by atoms with E-state index in [1.807, 2.05) is 48.2 Å². The second-order valence-electron chi connectivity index (χ2n) is 18.0. The molecule has 8 atom stereocenters. The van der Waals surface area contributed by atoms with E-state index >= 15 is 0 Å². The Hall–Kier alpha value is -3.62. The molecule has 2 aliphatic heterocycles. The third kappa shape index (κ3) is 7.04. The number of esters is 2. The van der Waals surface area contributed by atoms with Crippen molar-refractivity contribution >= 4 is 46.4 Å². The predicted molar refractivity (Wildman–Crippen MR) is 220 cm³/mol. The van der Waals surface area contributed by atoms with Gasteiger partial charge in [-0.2, -0.15) is 0 Å². The molecule has 4 fully saturated rings. The minimum Gasteiger partial charge on any atom is -0.462 e. The first-order valence-corrected chi connectivity index (χ1v) is 21.2. The zero-order valence-electron chi connectivity index (χ0n) is 33.5. The van der Waals surface area contributed by atoms with Crippen LogP contribution < -0.4 is 4.90 Å². The van der Waals surface area contributed by atoms with Crippen LogP contribution in [0.4, 0.5) is 17.1 Å². The highest BCUT2D eigenvalue weighted by molar-refractivity contribution is 6.31. The summed E-state index contributed by atoms with van der Waals surface area (Å²) in [4.78, 5) is 38.5. The Kier molecular flexibility index (Phi) is 10.5. The van der Waals surface area contributed by atoms with Gasteiger partial charge < -0.3 is 24.2 Å². The molecule has 0 bridgehead atoms. The van der Waals surface area contributed by atoms with Crippen molar-refractivity contribution in [1.29, 1.82) is 0 Å². The van der Waals surface area contributed by atoms with E-state index in [1.54, 1.807) is 0 Å². The molecule has 0 spiro atoms. The minimum absolute atomic E-state index is 0.00728. The van der Waals surface area contributed by atoms with Gasteiger partial charge in [-0.05, 0) is 131 Å². The summed E-state index contributed by atoms with van der Waals surface area (Å²) in [6.45, 7) is 17.1. The molecule has 0 radical (unpaired) electrons. The molecule has 0 aromatic heterocycles. The number of fused-ring (bicyclic) bond motifs is 7. The van der Waals surface area contributed by atoms with Crippen molar-refractivity contribution in [3.05, 3.63) is 76.9 Å². The Morgan fingerprint density at radius 2 is 1.73 bits per heavy atom. The van der Waals surface area contributed by atoms with E-state index in [0.717, 1.165) is 86.5 Å². The van der Waals surface area contributed by atoms with Gasteiger partial charge in [0, 0.05) is 43.2 Å². The summed E-state index contributed by atoms with van der Waals surface area (Å²) in [5, 5.41) is 0.587. The first kappa shape index (κ1) is 38.3. The number of amidine groups is 1. The number of allylic oxidation sites excluding steroid dienone is 2. The van der Waals surface area contributed by atoms with Crippen molar-refractivity contribution in [2.24, 2.45) is 39.5 Å². The number of nitrogens with zero attached hydrogens (tertiary/aromatic N) is 4. The van der Waals surface area contributed by atoms with E-state index in [-0.39, 0.29) is 30.3 Å². The molecule has 0 amide bonds. The third-order valence-electron chi connectivity index (χ3n) is 14.8. The second-order valence-corrected chi connectivity index (χ2v) is 18.4. The highest BCUT2D eigenvalue weighted by Crippen LogP contribution is 2.67. The lowest BCUT2D eigenvalue weighted by Gasteiger charge is -2.58. The van der Waals surface area contributed by atoms with Crippen molar-refractivity contribution in [3.8, 4) is 0 Å². The first-order chi connectivity index (χ1) is 26.4. The number of hydrogen-bond acceptors (Lipinski definition) is 8. The maximum absolute atomic E-state index is 13.4. The van der Waals surface area contributed by atoms with Crippen molar-refractivity contribution in [3.63, 3.8) is 0 Å². The Balaban J connectivity index is 0.896. The molecule has 8 nitrogen and oxygen atoms in total. The number of likely N-dealkylation sites (N-methyl/N-ethyl adjacent to an activating group) is 1. The average Bonchev–Trinajstić information content (AvgIpc) is 3.45. The van der Waals surface area contributed by atoms with Crippen LogP contribution in [0.15, 0.2) is 71.3 Å². The number of benzene rings is 2. The molecule has 2 aromatic rings. The summed E-state index contributed by atoms with van der Waals surface area (Å²) >= 11 is 6.51. The summed E-state index contributed by atoms with van der Waals surface area (Å²) in [6.07, 6.45) is 10.7. The van der Waals surface area contributed by atoms with E-state index < -0.39 is 12.2 Å². The minimum atomic E-state index is -0.668. The van der Waals surface area contributed by atoms with Crippen LogP contribution in [0, 0.1) is 34.5 Å². The van der Waals surface area contributed by atoms with Crippen LogP contribution in [0.3, 0.4) is 0 Å². The van der Waals surface area contributed by atoms with Crippen molar-refractivity contribution in [2.75, 3.05) is 38.1 Å². The normalized spacial score (nSPS) is 32.0. The van der Waals surface area contributed by atoms with Gasteiger partial charge >= 0.3 is 11.9 Å². The number of piperazine rings is 1. The van der Waals surface area contributed by atoms with Gasteiger partial charge in [-0.15, -0.1) is 0 Å². The highest BCUT2D eigenvalue weighted by atomic mass is 35.5. The lowest BCUT2D eigenvalue weighted by atomic mass is 9.47. The summed E-state index contributed by atoms with van der Waals surface area (Å²) in [6, 6.07) is 13.8. The van der Waals surface area contributed by atoms with Crippen LogP contribution in [-0.4, -0.2) is 73.1 Å². The number of anilines is 2. The number of rotatable bonds is 7. The van der Waals surface area contributed by atoms with Gasteiger partial charge in [-0.3, -0.25) is 9.59 Å². The summed E-state index contributed by atoms with van der Waals surface area (Å²) in [5.74, 6) is 2.99. The lowest BCUT2D eigenvalue weighted by Crippen LogP contribution is -2.50. The molecule has 9 heteroatoms. The van der Waals surface area contributed by atoms with Crippen LogP contribution in [0.1, 0.15) is 97.5 Å². The lowest BCUT2D eigenvalue weighted by molar-refractivity contribution is -0.156. The maximum Gasteiger partial charge on any atom is 0.308 e. The first-order valence-electron chi connectivity index (χ1n) is 20.8. The van der Waals surface area contributed by atoms with Gasteiger partial charge in [0.15, 0.2) is 6.23 Å². The molecule has 6 aliphatic rings. The number of halogens is 1. The van der Waals surface area contributed by atoms with Crippen molar-refractivity contribution in [2.45, 2.75) is 104 Å². The molecule has 8 rings (SSSR count). The number of carbonyl (C=O) groups is 2. The van der Waals surface area contributed by atoms with Crippen LogP contribution in [0.2, 0.25) is 5.02 Å². The van der Waals surface area contributed by atoms with Gasteiger partial charge in [0.25, 0.3) is 0 Å². The molecule has 3 saturated carbocycles. The summed E-state index contributed by atoms with van der Waals surface area (Å²) in [5.41, 5.74) is 6.81. The fourth-order valence-corrected chi connectivity index (χ4v) is 12.1. The molecule has 4 aliphatic carbocycles. The molecular weight excluding hydrogens is 708 g/mol. The number of para-hydroxylation sites is 1. The quantitative estimate of drug-likeness (QED) is 0.205. The number of aliphatic imine (C=N–C) groups is 1. The molecule has 2 heterocycles. The predicted octanol–water partition coefficient (Wildman–Crippen LogP) is 9.85. The van der Waals surface area contributed by atoms with Crippen LogP contribution in [-0.2, 0) is 19.1 Å². The maximum atomic E-state index is 13.4. The van der Waals surface area contributed by atoms with Crippen LogP contribution in [0.25, 0.3) is 0 Å². The second kappa shape index (κ2) is 15.0. The third-order valence-corrected chi connectivity index (χ3v) is 15.0. The van der Waals surface area contributed by atoms with Gasteiger partial charge in [0.05, 0.1) is 29.9 Å². The molecule has 294 valence electrons. The molecule has 2 aromatic carbocycles. The molecule has 8 unspecified atom stereocenters. The summed E-state index contributed by atoms with van der Waals surface area (Å²) in [7, 11) is 2.14. The van der Waals surface area contributed by atoms with E-state index in [4.69, 9.17) is 26.1 Å². The highest BCUT2D eigenvalue weighted by Gasteiger charge is 2.58. The van der Waals surface area contributed by atoms with Crippen molar-refractivity contribution in [1.82, 2.24) is 9.80 Å².